The monoisotopic (exact) mass is 925 g/mol. The molecule has 0 fully saturated rings. The summed E-state index contributed by atoms with van der Waals surface area (Å²) in [4.78, 5) is 4.73. The van der Waals surface area contributed by atoms with Crippen LogP contribution < -0.4 is 9.30 Å². The van der Waals surface area contributed by atoms with E-state index in [0.29, 0.717) is 44.8 Å². The van der Waals surface area contributed by atoms with E-state index in [1.165, 1.54) is 30.5 Å². The van der Waals surface area contributed by atoms with Crippen molar-refractivity contribution in [1.82, 2.24) is 14.1 Å². The standard InChI is InChI=1S/C65H58N4O/c1-42-19-15-20-43(2)62(42)47-31-34-58-60(37-47)67(41-68(58)63-52(28-18-29-56(63)65(7,8)9)46-23-16-24-48(36-46)64(4,5)6)49-25-17-26-50(38-49)70-51-32-33-54-53-27-13-14-30-57(53)69(59(54)39-51)61-35-44(3)55(40-66-61)45-21-11-10-12-22-45/h10-40H,1-9H3/i1D3,2D3,3D3,10D,11D,12D,21D,22D. The van der Waals surface area contributed by atoms with Crippen molar-refractivity contribution >= 4 is 32.8 Å². The third-order valence-corrected chi connectivity index (χ3v) is 13.0. The number of para-hydroxylation sites is 2. The second kappa shape index (κ2) is 17.2. The van der Waals surface area contributed by atoms with Gasteiger partial charge in [0.05, 0.1) is 40.3 Å². The highest BCUT2D eigenvalue weighted by molar-refractivity contribution is 6.09. The average molecular weight is 925 g/mol. The van der Waals surface area contributed by atoms with Crippen molar-refractivity contribution in [2.45, 2.75) is 72.9 Å². The Morgan fingerprint density at radius 3 is 2.10 bits per heavy atom. The molecule has 0 amide bonds. The summed E-state index contributed by atoms with van der Waals surface area (Å²) in [6.45, 7) is 4.93. The van der Waals surface area contributed by atoms with E-state index in [9.17, 15) is 0 Å². The highest BCUT2D eigenvalue weighted by atomic mass is 16.5. The number of ether oxygens (including phenoxy) is 1. The number of fused-ring (bicyclic) bond motifs is 4. The Labute approximate surface area is 431 Å². The van der Waals surface area contributed by atoms with Crippen LogP contribution in [0.2, 0.25) is 0 Å². The van der Waals surface area contributed by atoms with Crippen LogP contribution in [0.1, 0.15) is 88.6 Å². The number of rotatable bonds is 8. The molecule has 0 radical (unpaired) electrons. The van der Waals surface area contributed by atoms with Crippen LogP contribution in [0.25, 0.3) is 83.4 Å². The van der Waals surface area contributed by atoms with E-state index in [4.69, 9.17) is 28.9 Å². The summed E-state index contributed by atoms with van der Waals surface area (Å²) in [6, 6.07) is 43.7. The van der Waals surface area contributed by atoms with Crippen LogP contribution in [-0.2, 0) is 10.8 Å². The van der Waals surface area contributed by atoms with E-state index in [0.717, 1.165) is 38.7 Å². The lowest BCUT2D eigenvalue weighted by Gasteiger charge is -2.26. The molecule has 0 bridgehead atoms. The van der Waals surface area contributed by atoms with Crippen molar-refractivity contribution < 1.29 is 28.5 Å². The molecule has 0 saturated carbocycles. The van der Waals surface area contributed by atoms with Crippen molar-refractivity contribution in [1.29, 1.82) is 0 Å². The van der Waals surface area contributed by atoms with E-state index in [1.807, 2.05) is 81.9 Å². The summed E-state index contributed by atoms with van der Waals surface area (Å²) >= 11 is 0. The zero-order chi connectivity index (χ0) is 60.3. The normalized spacial score (nSPS) is 15.5. The van der Waals surface area contributed by atoms with Gasteiger partial charge < -0.3 is 4.74 Å². The lowest BCUT2D eigenvalue weighted by atomic mass is 9.82. The zero-order valence-corrected chi connectivity index (χ0v) is 39.7. The van der Waals surface area contributed by atoms with Gasteiger partial charge >= 0.3 is 0 Å². The molecule has 11 aromatic rings. The van der Waals surface area contributed by atoms with Crippen LogP contribution in [0.3, 0.4) is 0 Å². The molecule has 344 valence electrons. The van der Waals surface area contributed by atoms with E-state index < -0.39 is 50.8 Å². The molecule has 0 N–H and O–H groups in total. The molecule has 0 atom stereocenters. The third-order valence-electron chi connectivity index (χ3n) is 13.0. The predicted octanol–water partition coefficient (Wildman–Crippen LogP) is 16.5. The van der Waals surface area contributed by atoms with Crippen LogP contribution in [0, 0.1) is 26.9 Å². The Bertz CT molecular complexity index is 4400. The Morgan fingerprint density at radius 1 is 0.571 bits per heavy atom. The molecular weight excluding hydrogens is 853 g/mol. The number of benzene rings is 8. The van der Waals surface area contributed by atoms with E-state index in [1.54, 1.807) is 16.7 Å². The van der Waals surface area contributed by atoms with Gasteiger partial charge in [0, 0.05) is 40.9 Å². The molecule has 3 aromatic heterocycles. The van der Waals surface area contributed by atoms with E-state index in [2.05, 4.69) is 90.3 Å². The van der Waals surface area contributed by atoms with E-state index >= 15 is 0 Å². The molecule has 0 aliphatic rings. The third kappa shape index (κ3) is 7.95. The Kier molecular flexibility index (Phi) is 7.65. The average Bonchev–Trinajstić information content (AvgIpc) is 1.79. The molecule has 3 heterocycles. The predicted molar refractivity (Wildman–Crippen MR) is 290 cm³/mol. The molecular formula is C65H58N4O. The van der Waals surface area contributed by atoms with Crippen LogP contribution in [0.15, 0.2) is 188 Å². The first-order valence-corrected chi connectivity index (χ1v) is 23.2. The molecule has 5 heteroatoms. The fraction of sp³-hybridized carbons (Fsp3) is 0.169. The van der Waals surface area contributed by atoms with Gasteiger partial charge in [-0.3, -0.25) is 13.7 Å². The van der Waals surface area contributed by atoms with Gasteiger partial charge in [-0.15, -0.1) is 0 Å². The minimum absolute atomic E-state index is 0.0881. The number of aryl methyl sites for hydroxylation is 3. The number of hydrogen-bond acceptors (Lipinski definition) is 2. The Hall–Kier alpha value is -8.02. The van der Waals surface area contributed by atoms with E-state index in [-0.39, 0.29) is 50.0 Å². The van der Waals surface area contributed by atoms with Crippen LogP contribution in [-0.4, -0.2) is 14.1 Å². The summed E-state index contributed by atoms with van der Waals surface area (Å²) in [5.41, 5.74) is 7.39. The molecule has 0 unspecified atom stereocenters. The lowest BCUT2D eigenvalue weighted by molar-refractivity contribution is -0.572. The van der Waals surface area contributed by atoms with Crippen molar-refractivity contribution in [3.8, 4) is 62.1 Å². The van der Waals surface area contributed by atoms with Crippen LogP contribution >= 0.6 is 0 Å². The van der Waals surface area contributed by atoms with Crippen molar-refractivity contribution in [3.05, 3.63) is 222 Å². The largest absolute Gasteiger partial charge is 0.458 e. The van der Waals surface area contributed by atoms with Crippen molar-refractivity contribution in [2.75, 3.05) is 0 Å². The first-order chi connectivity index (χ1) is 39.4. The number of aromatic nitrogens is 4. The number of nitrogens with zero attached hydrogens (tertiary/aromatic N) is 4. The SMILES string of the molecule is [2H]c1c([2H])c([2H])c(-c2cnc(-n3c4ccccc4c4ccc(Oc5cccc(-n6[c-][n+](-c7c(-c8cccc(C(C)(C)C)c8)cccc7C(C)(C)C)c7ccc(-c8c(C([2H])([2H])[2H])cccc8C([2H])([2H])[2H])cc76)c5)cc43)cc2C([2H])([2H])[2H])c([2H])c1[2H]. The van der Waals surface area contributed by atoms with Gasteiger partial charge in [0.2, 0.25) is 0 Å². The molecule has 11 rings (SSSR count). The van der Waals surface area contributed by atoms with Gasteiger partial charge in [-0.2, -0.15) is 0 Å². The summed E-state index contributed by atoms with van der Waals surface area (Å²) < 4.78 is 132. The highest BCUT2D eigenvalue weighted by Crippen LogP contribution is 2.40. The maximum atomic E-state index is 8.67. The second-order valence-electron chi connectivity index (χ2n) is 19.7. The number of imidazole rings is 1. The van der Waals surface area contributed by atoms with Crippen LogP contribution in [0.4, 0.5) is 0 Å². The quantitative estimate of drug-likeness (QED) is 0.112. The number of hydrogen-bond donors (Lipinski definition) is 0. The minimum atomic E-state index is -2.80. The molecule has 70 heavy (non-hydrogen) atoms. The smallest absolute Gasteiger partial charge is 0.269 e. The molecule has 8 aromatic carbocycles. The molecule has 0 saturated heterocycles. The molecule has 0 aliphatic heterocycles. The molecule has 0 spiro atoms. The van der Waals surface area contributed by atoms with Crippen LogP contribution in [0.5, 0.6) is 11.5 Å². The molecule has 5 nitrogen and oxygen atoms in total. The first-order valence-electron chi connectivity index (χ1n) is 30.2. The fourth-order valence-electron chi connectivity index (χ4n) is 9.49. The zero-order valence-electron chi connectivity index (χ0n) is 53.7. The molecule has 0 aliphatic carbocycles. The van der Waals surface area contributed by atoms with Gasteiger partial charge in [-0.1, -0.05) is 169 Å². The van der Waals surface area contributed by atoms with Gasteiger partial charge in [-0.25, -0.2) is 4.98 Å². The van der Waals surface area contributed by atoms with Crippen molar-refractivity contribution in [3.63, 3.8) is 0 Å². The minimum Gasteiger partial charge on any atom is -0.458 e. The Balaban J connectivity index is 1.10. The fourth-order valence-corrected chi connectivity index (χ4v) is 9.49. The lowest BCUT2D eigenvalue weighted by Crippen LogP contribution is -2.34. The number of pyridine rings is 1. The van der Waals surface area contributed by atoms with Gasteiger partial charge in [0.1, 0.15) is 17.3 Å². The van der Waals surface area contributed by atoms with Gasteiger partial charge in [-0.05, 0) is 136 Å². The maximum absolute atomic E-state index is 8.67. The maximum Gasteiger partial charge on any atom is 0.269 e. The summed E-state index contributed by atoms with van der Waals surface area (Å²) in [5, 5.41) is 1.63. The highest BCUT2D eigenvalue weighted by Gasteiger charge is 2.26. The van der Waals surface area contributed by atoms with Gasteiger partial charge in [0.15, 0.2) is 0 Å². The summed E-state index contributed by atoms with van der Waals surface area (Å²) in [6.07, 6.45) is 4.96. The summed E-state index contributed by atoms with van der Waals surface area (Å²) in [7, 11) is 0. The first kappa shape index (κ1) is 31.2. The van der Waals surface area contributed by atoms with Gasteiger partial charge in [0.25, 0.3) is 6.33 Å². The second-order valence-corrected chi connectivity index (χ2v) is 19.7. The summed E-state index contributed by atoms with van der Waals surface area (Å²) in [5.74, 6) is 1.04. The Morgan fingerprint density at radius 2 is 1.31 bits per heavy atom. The topological polar surface area (TPSA) is 35.9 Å². The van der Waals surface area contributed by atoms with Crippen molar-refractivity contribution in [2.24, 2.45) is 0 Å².